The van der Waals surface area contributed by atoms with Gasteiger partial charge in [0.05, 0.1) is 25.3 Å². The number of hydrogen-bond donors (Lipinski definition) is 1. The van der Waals surface area contributed by atoms with Crippen LogP contribution in [0.2, 0.25) is 0 Å². The molecular formula is C25H22N4O3S. The highest BCUT2D eigenvalue weighted by molar-refractivity contribution is 7.09. The fourth-order valence-electron chi connectivity index (χ4n) is 3.89. The number of carbonyl (C=O) groups is 1. The highest BCUT2D eigenvalue weighted by Gasteiger charge is 2.35. The van der Waals surface area contributed by atoms with E-state index in [0.29, 0.717) is 18.3 Å². The highest BCUT2D eigenvalue weighted by Crippen LogP contribution is 2.38. The van der Waals surface area contributed by atoms with E-state index < -0.39 is 6.04 Å². The minimum atomic E-state index is -0.401. The third-order valence-corrected chi connectivity index (χ3v) is 6.49. The lowest BCUT2D eigenvalue weighted by atomic mass is 9.94. The maximum absolute atomic E-state index is 13.1. The number of rotatable bonds is 6. The number of nitrogens with one attached hydrogen (secondary N) is 1. The van der Waals surface area contributed by atoms with Crippen molar-refractivity contribution in [2.75, 3.05) is 7.11 Å². The molecule has 0 aliphatic carbocycles. The molecule has 4 aromatic rings. The zero-order chi connectivity index (χ0) is 22.8. The third kappa shape index (κ3) is 4.12. The van der Waals surface area contributed by atoms with E-state index in [0.717, 1.165) is 33.0 Å². The summed E-state index contributed by atoms with van der Waals surface area (Å²) in [6, 6.07) is 20.7. The molecule has 5 rings (SSSR count). The lowest BCUT2D eigenvalue weighted by Gasteiger charge is -2.35. The van der Waals surface area contributed by atoms with E-state index in [9.17, 15) is 4.79 Å². The summed E-state index contributed by atoms with van der Waals surface area (Å²) in [5, 5.41) is 9.34. The van der Waals surface area contributed by atoms with Crippen LogP contribution in [-0.2, 0) is 6.54 Å². The van der Waals surface area contributed by atoms with Gasteiger partial charge in [0, 0.05) is 16.1 Å². The molecule has 0 bridgehead atoms. The molecule has 2 aromatic carbocycles. The minimum absolute atomic E-state index is 0.159. The second-order valence-electron chi connectivity index (χ2n) is 7.61. The number of ether oxygens (including phenoxy) is 1. The number of benzene rings is 2. The van der Waals surface area contributed by atoms with Gasteiger partial charge in [0.15, 0.2) is 0 Å². The number of amides is 2. The fraction of sp³-hybridized carbons (Fsp3) is 0.160. The maximum atomic E-state index is 13.1. The van der Waals surface area contributed by atoms with E-state index in [1.54, 1.807) is 23.3 Å². The fourth-order valence-corrected chi connectivity index (χ4v) is 4.59. The quantitative estimate of drug-likeness (QED) is 0.412. The van der Waals surface area contributed by atoms with Gasteiger partial charge in [-0.05, 0) is 48.2 Å². The van der Waals surface area contributed by atoms with Gasteiger partial charge in [-0.25, -0.2) is 4.79 Å². The van der Waals surface area contributed by atoms with Crippen LogP contribution in [0.15, 0.2) is 82.3 Å². The molecule has 2 amide bonds. The molecule has 1 atom stereocenters. The molecule has 0 saturated carbocycles. The van der Waals surface area contributed by atoms with E-state index >= 15 is 0 Å². The maximum Gasteiger partial charge on any atom is 0.322 e. The molecule has 3 heterocycles. The van der Waals surface area contributed by atoms with Crippen LogP contribution >= 0.6 is 11.3 Å². The Morgan fingerprint density at radius 2 is 1.88 bits per heavy atom. The number of aromatic nitrogens is 2. The van der Waals surface area contributed by atoms with Crippen molar-refractivity contribution in [3.8, 4) is 17.1 Å². The Morgan fingerprint density at radius 1 is 1.09 bits per heavy atom. The van der Waals surface area contributed by atoms with Crippen LogP contribution in [0, 0.1) is 0 Å². The molecular weight excluding hydrogens is 436 g/mol. The van der Waals surface area contributed by atoms with Crippen LogP contribution in [0.1, 0.15) is 29.3 Å². The monoisotopic (exact) mass is 458 g/mol. The van der Waals surface area contributed by atoms with Crippen LogP contribution in [-0.4, -0.2) is 28.2 Å². The number of methoxy groups -OCH3 is 1. The average molecular weight is 459 g/mol. The van der Waals surface area contributed by atoms with Crippen molar-refractivity contribution < 1.29 is 14.1 Å². The summed E-state index contributed by atoms with van der Waals surface area (Å²) in [7, 11) is 1.62. The molecule has 2 aromatic heterocycles. The standard InChI is InChI=1S/C25H22N4O3S/c1-16-21(24-27-23(28-32-24)18-10-12-19(31-2)13-11-18)22(17-7-4-3-5-8-17)26-25(30)29(16)15-20-9-6-14-33-20/h3-14,22H,15H2,1-2H3,(H,26,30). The van der Waals surface area contributed by atoms with Crippen LogP contribution in [0.3, 0.4) is 0 Å². The van der Waals surface area contributed by atoms with Gasteiger partial charge in [-0.2, -0.15) is 4.98 Å². The van der Waals surface area contributed by atoms with Crippen molar-refractivity contribution >= 4 is 22.9 Å². The van der Waals surface area contributed by atoms with Gasteiger partial charge >= 0.3 is 6.03 Å². The smallest absolute Gasteiger partial charge is 0.322 e. The van der Waals surface area contributed by atoms with Gasteiger partial charge in [0.2, 0.25) is 5.82 Å². The molecule has 8 heteroatoms. The lowest BCUT2D eigenvalue weighted by molar-refractivity contribution is 0.203. The van der Waals surface area contributed by atoms with Gasteiger partial charge in [-0.3, -0.25) is 4.90 Å². The van der Waals surface area contributed by atoms with E-state index in [1.165, 1.54) is 0 Å². The van der Waals surface area contributed by atoms with Gasteiger partial charge in [0.1, 0.15) is 5.75 Å². The molecule has 0 fully saturated rings. The van der Waals surface area contributed by atoms with Crippen molar-refractivity contribution in [2.24, 2.45) is 0 Å². The van der Waals surface area contributed by atoms with Crippen molar-refractivity contribution in [1.82, 2.24) is 20.4 Å². The summed E-state index contributed by atoms with van der Waals surface area (Å²) < 4.78 is 11.0. The SMILES string of the molecule is COc1ccc(-c2noc(C3=C(C)N(Cc4cccs4)C(=O)NC3c3ccccc3)n2)cc1. The summed E-state index contributed by atoms with van der Waals surface area (Å²) in [5.41, 5.74) is 3.33. The summed E-state index contributed by atoms with van der Waals surface area (Å²) in [6.07, 6.45) is 0. The summed E-state index contributed by atoms with van der Waals surface area (Å²) >= 11 is 1.61. The van der Waals surface area contributed by atoms with Crippen LogP contribution in [0.25, 0.3) is 17.0 Å². The largest absolute Gasteiger partial charge is 0.497 e. The van der Waals surface area contributed by atoms with Gasteiger partial charge in [-0.15, -0.1) is 11.3 Å². The second-order valence-corrected chi connectivity index (χ2v) is 8.64. The van der Waals surface area contributed by atoms with E-state index in [4.69, 9.17) is 14.2 Å². The average Bonchev–Trinajstić information content (AvgIpc) is 3.54. The van der Waals surface area contributed by atoms with Crippen LogP contribution < -0.4 is 10.1 Å². The zero-order valence-electron chi connectivity index (χ0n) is 18.2. The molecule has 33 heavy (non-hydrogen) atoms. The number of hydrogen-bond acceptors (Lipinski definition) is 6. The molecule has 0 radical (unpaired) electrons. The Morgan fingerprint density at radius 3 is 2.58 bits per heavy atom. The third-order valence-electron chi connectivity index (χ3n) is 5.63. The Balaban J connectivity index is 1.57. The van der Waals surface area contributed by atoms with Crippen molar-refractivity contribution in [2.45, 2.75) is 19.5 Å². The summed E-state index contributed by atoms with van der Waals surface area (Å²) in [6.45, 7) is 2.40. The first kappa shape index (κ1) is 21.0. The number of carbonyl (C=O) groups excluding carboxylic acids is 1. The first-order valence-electron chi connectivity index (χ1n) is 10.5. The summed E-state index contributed by atoms with van der Waals surface area (Å²) in [5.74, 6) is 1.61. The first-order chi connectivity index (χ1) is 16.1. The molecule has 0 saturated heterocycles. The molecule has 1 unspecified atom stereocenters. The van der Waals surface area contributed by atoms with E-state index in [2.05, 4.69) is 10.5 Å². The molecule has 0 spiro atoms. The molecule has 1 aliphatic heterocycles. The normalized spacial score (nSPS) is 16.1. The predicted molar refractivity (Wildman–Crippen MR) is 126 cm³/mol. The molecule has 166 valence electrons. The van der Waals surface area contributed by atoms with Crippen molar-refractivity contribution in [3.63, 3.8) is 0 Å². The van der Waals surface area contributed by atoms with E-state index in [-0.39, 0.29) is 6.03 Å². The predicted octanol–water partition coefficient (Wildman–Crippen LogP) is 5.50. The van der Waals surface area contributed by atoms with E-state index in [1.807, 2.05) is 79.0 Å². The minimum Gasteiger partial charge on any atom is -0.497 e. The van der Waals surface area contributed by atoms with Crippen LogP contribution in [0.5, 0.6) is 5.75 Å². The number of thiophene rings is 1. The zero-order valence-corrected chi connectivity index (χ0v) is 19.0. The highest BCUT2D eigenvalue weighted by atomic mass is 32.1. The Hall–Kier alpha value is -3.91. The number of nitrogens with zero attached hydrogens (tertiary/aromatic N) is 3. The lowest BCUT2D eigenvalue weighted by Crippen LogP contribution is -2.45. The van der Waals surface area contributed by atoms with Crippen LogP contribution in [0.4, 0.5) is 4.79 Å². The Bertz CT molecular complexity index is 1280. The Labute approximate surface area is 195 Å². The Kier molecular flexibility index (Phi) is 5.66. The first-order valence-corrected chi connectivity index (χ1v) is 11.4. The second kappa shape index (κ2) is 8.91. The van der Waals surface area contributed by atoms with Gasteiger partial charge < -0.3 is 14.6 Å². The molecule has 7 nitrogen and oxygen atoms in total. The van der Waals surface area contributed by atoms with Crippen molar-refractivity contribution in [1.29, 1.82) is 0 Å². The van der Waals surface area contributed by atoms with Crippen molar-refractivity contribution in [3.05, 3.63) is 94.1 Å². The summed E-state index contributed by atoms with van der Waals surface area (Å²) in [4.78, 5) is 20.6. The molecule has 1 aliphatic rings. The number of urea groups is 1. The topological polar surface area (TPSA) is 80.5 Å². The molecule has 1 N–H and O–H groups in total. The van der Waals surface area contributed by atoms with Gasteiger partial charge in [-0.1, -0.05) is 41.6 Å². The number of allylic oxidation sites excluding steroid dienone is 1. The van der Waals surface area contributed by atoms with Gasteiger partial charge in [0.25, 0.3) is 5.89 Å².